The number of halogens is 1. The standard InChI is InChI=1S/C24H22ClN3O3S/c1-13-9-14(2)22(15(3)10-13)26-21(29)12-31-24(30)20-11-19-16(4)27-28(23(19)32-20)18-7-5-17(25)6-8-18/h5-11H,12H2,1-4H3,(H,26,29). The van der Waals surface area contributed by atoms with Gasteiger partial charge in [0.05, 0.1) is 11.4 Å². The van der Waals surface area contributed by atoms with E-state index in [4.69, 9.17) is 16.3 Å². The normalized spacial score (nSPS) is 11.0. The van der Waals surface area contributed by atoms with Crippen molar-refractivity contribution in [2.75, 3.05) is 11.9 Å². The summed E-state index contributed by atoms with van der Waals surface area (Å²) in [5, 5.41) is 8.91. The van der Waals surface area contributed by atoms with Crippen molar-refractivity contribution in [2.45, 2.75) is 27.7 Å². The molecule has 2 aromatic heterocycles. The van der Waals surface area contributed by atoms with E-state index >= 15 is 0 Å². The van der Waals surface area contributed by atoms with Gasteiger partial charge in [-0.1, -0.05) is 29.3 Å². The first-order valence-corrected chi connectivity index (χ1v) is 11.2. The van der Waals surface area contributed by atoms with Crippen LogP contribution in [0.25, 0.3) is 15.9 Å². The lowest BCUT2D eigenvalue weighted by molar-refractivity contribution is -0.119. The van der Waals surface area contributed by atoms with E-state index in [1.54, 1.807) is 22.9 Å². The molecule has 1 N–H and O–H groups in total. The average molecular weight is 468 g/mol. The van der Waals surface area contributed by atoms with Gasteiger partial charge in [0.25, 0.3) is 5.91 Å². The molecule has 1 amide bonds. The molecule has 2 heterocycles. The highest BCUT2D eigenvalue weighted by Gasteiger charge is 2.19. The van der Waals surface area contributed by atoms with Crippen LogP contribution in [0.3, 0.4) is 0 Å². The van der Waals surface area contributed by atoms with Crippen LogP contribution in [0.1, 0.15) is 32.1 Å². The van der Waals surface area contributed by atoms with Crippen LogP contribution >= 0.6 is 22.9 Å². The first-order chi connectivity index (χ1) is 15.2. The lowest BCUT2D eigenvalue weighted by Crippen LogP contribution is -2.21. The van der Waals surface area contributed by atoms with Gasteiger partial charge in [-0.3, -0.25) is 4.79 Å². The Morgan fingerprint density at radius 1 is 1.06 bits per heavy atom. The third-order valence-electron chi connectivity index (χ3n) is 5.09. The number of thiophene rings is 1. The minimum Gasteiger partial charge on any atom is -0.451 e. The first-order valence-electron chi connectivity index (χ1n) is 10.0. The smallest absolute Gasteiger partial charge is 0.348 e. The molecule has 0 aliphatic rings. The van der Waals surface area contributed by atoms with Gasteiger partial charge in [0, 0.05) is 16.1 Å². The molecule has 0 aliphatic heterocycles. The number of hydrogen-bond acceptors (Lipinski definition) is 5. The molecule has 0 unspecified atom stereocenters. The third kappa shape index (κ3) is 4.40. The van der Waals surface area contributed by atoms with Crippen LogP contribution in [-0.2, 0) is 9.53 Å². The summed E-state index contributed by atoms with van der Waals surface area (Å²) in [6.45, 7) is 7.40. The zero-order valence-corrected chi connectivity index (χ0v) is 19.7. The SMILES string of the molecule is Cc1cc(C)c(NC(=O)COC(=O)c2cc3c(C)nn(-c4ccc(Cl)cc4)c3s2)c(C)c1. The van der Waals surface area contributed by atoms with E-state index in [-0.39, 0.29) is 12.5 Å². The van der Waals surface area contributed by atoms with Crippen LogP contribution < -0.4 is 5.32 Å². The van der Waals surface area contributed by atoms with Gasteiger partial charge in [0.15, 0.2) is 6.61 Å². The molecule has 6 nitrogen and oxygen atoms in total. The van der Waals surface area contributed by atoms with Crippen LogP contribution in [0.4, 0.5) is 5.69 Å². The van der Waals surface area contributed by atoms with Gasteiger partial charge in [0.2, 0.25) is 0 Å². The molecule has 0 fully saturated rings. The summed E-state index contributed by atoms with van der Waals surface area (Å²) in [4.78, 5) is 26.2. The molecule has 164 valence electrons. The van der Waals surface area contributed by atoms with Gasteiger partial charge in [0.1, 0.15) is 9.71 Å². The molecule has 0 aliphatic carbocycles. The van der Waals surface area contributed by atoms with Gasteiger partial charge in [-0.25, -0.2) is 9.48 Å². The number of rotatable bonds is 5. The van der Waals surface area contributed by atoms with Crippen molar-refractivity contribution in [3.63, 3.8) is 0 Å². The van der Waals surface area contributed by atoms with Crippen molar-refractivity contribution >= 4 is 50.7 Å². The summed E-state index contributed by atoms with van der Waals surface area (Å²) in [7, 11) is 0. The van der Waals surface area contributed by atoms with Crippen LogP contribution in [0.5, 0.6) is 0 Å². The van der Waals surface area contributed by atoms with Gasteiger partial charge < -0.3 is 10.1 Å². The van der Waals surface area contributed by atoms with E-state index in [0.717, 1.165) is 44.0 Å². The van der Waals surface area contributed by atoms with Gasteiger partial charge in [-0.05, 0) is 69.2 Å². The van der Waals surface area contributed by atoms with Crippen LogP contribution in [0.2, 0.25) is 5.02 Å². The highest BCUT2D eigenvalue weighted by atomic mass is 35.5. The summed E-state index contributed by atoms with van der Waals surface area (Å²) in [6, 6.07) is 13.1. The Bertz CT molecular complexity index is 1320. The van der Waals surface area contributed by atoms with E-state index in [2.05, 4.69) is 10.4 Å². The molecule has 0 saturated heterocycles. The van der Waals surface area contributed by atoms with E-state index in [0.29, 0.717) is 9.90 Å². The molecule has 0 atom stereocenters. The van der Waals surface area contributed by atoms with Crippen molar-refractivity contribution in [3.8, 4) is 5.69 Å². The summed E-state index contributed by atoms with van der Waals surface area (Å²) < 4.78 is 7.05. The molecule has 0 bridgehead atoms. The molecule has 0 saturated carbocycles. The van der Waals surface area contributed by atoms with Gasteiger partial charge >= 0.3 is 5.97 Å². The number of nitrogens with one attached hydrogen (secondary N) is 1. The zero-order valence-electron chi connectivity index (χ0n) is 18.2. The second-order valence-corrected chi connectivity index (χ2v) is 9.17. The Balaban J connectivity index is 1.48. The van der Waals surface area contributed by atoms with Crippen molar-refractivity contribution < 1.29 is 14.3 Å². The fraction of sp³-hybridized carbons (Fsp3) is 0.208. The van der Waals surface area contributed by atoms with Crippen LogP contribution in [0.15, 0.2) is 42.5 Å². The van der Waals surface area contributed by atoms with E-state index < -0.39 is 5.97 Å². The summed E-state index contributed by atoms with van der Waals surface area (Å²) in [5.74, 6) is -0.918. The lowest BCUT2D eigenvalue weighted by Gasteiger charge is -2.12. The molecule has 8 heteroatoms. The number of esters is 1. The lowest BCUT2D eigenvalue weighted by atomic mass is 10.1. The number of aryl methyl sites for hydroxylation is 4. The highest BCUT2D eigenvalue weighted by molar-refractivity contribution is 7.20. The number of nitrogens with zero attached hydrogens (tertiary/aromatic N) is 2. The minimum atomic E-state index is -0.541. The van der Waals surface area contributed by atoms with E-state index in [1.165, 1.54) is 11.3 Å². The number of hydrogen-bond donors (Lipinski definition) is 1. The molecule has 4 rings (SSSR count). The predicted molar refractivity (Wildman–Crippen MR) is 128 cm³/mol. The predicted octanol–water partition coefficient (Wildman–Crippen LogP) is 5.77. The number of carbonyl (C=O) groups excluding carboxylic acids is 2. The van der Waals surface area contributed by atoms with E-state index in [9.17, 15) is 9.59 Å². The Hall–Kier alpha value is -3.16. The Labute approximate surface area is 194 Å². The fourth-order valence-corrected chi connectivity index (χ4v) is 4.86. The van der Waals surface area contributed by atoms with Crippen LogP contribution in [-0.4, -0.2) is 28.3 Å². The summed E-state index contributed by atoms with van der Waals surface area (Å²) in [6.07, 6.45) is 0. The Morgan fingerprint density at radius 3 is 2.38 bits per heavy atom. The molecule has 32 heavy (non-hydrogen) atoms. The molecule has 0 radical (unpaired) electrons. The Kier molecular flexibility index (Phi) is 6.04. The van der Waals surface area contributed by atoms with Gasteiger partial charge in [-0.2, -0.15) is 5.10 Å². The third-order valence-corrected chi connectivity index (χ3v) is 6.44. The Morgan fingerprint density at radius 2 is 1.72 bits per heavy atom. The van der Waals surface area contributed by atoms with Crippen molar-refractivity contribution in [2.24, 2.45) is 0 Å². The topological polar surface area (TPSA) is 73.2 Å². The summed E-state index contributed by atoms with van der Waals surface area (Å²) >= 11 is 7.26. The minimum absolute atomic E-state index is 0.359. The largest absolute Gasteiger partial charge is 0.451 e. The molecular formula is C24H22ClN3O3S. The second-order valence-electron chi connectivity index (χ2n) is 7.70. The first kappa shape index (κ1) is 22.0. The highest BCUT2D eigenvalue weighted by Crippen LogP contribution is 2.31. The fourth-order valence-electron chi connectivity index (χ4n) is 3.66. The summed E-state index contributed by atoms with van der Waals surface area (Å²) in [5.41, 5.74) is 5.45. The van der Waals surface area contributed by atoms with Gasteiger partial charge in [-0.15, -0.1) is 11.3 Å². The maximum Gasteiger partial charge on any atom is 0.348 e. The number of ether oxygens (including phenoxy) is 1. The molecular weight excluding hydrogens is 446 g/mol. The number of fused-ring (bicyclic) bond motifs is 1. The number of amides is 1. The average Bonchev–Trinajstić information content (AvgIpc) is 3.30. The monoisotopic (exact) mass is 467 g/mol. The molecule has 0 spiro atoms. The van der Waals surface area contributed by atoms with Crippen molar-refractivity contribution in [1.82, 2.24) is 9.78 Å². The molecule has 4 aromatic rings. The second kappa shape index (κ2) is 8.76. The zero-order chi connectivity index (χ0) is 23.0. The number of carbonyl (C=O) groups is 2. The number of benzene rings is 2. The maximum atomic E-state index is 12.6. The number of aromatic nitrogens is 2. The maximum absolute atomic E-state index is 12.6. The van der Waals surface area contributed by atoms with Crippen molar-refractivity contribution in [1.29, 1.82) is 0 Å². The molecule has 2 aromatic carbocycles. The number of anilines is 1. The quantitative estimate of drug-likeness (QED) is 0.378. The van der Waals surface area contributed by atoms with E-state index in [1.807, 2.05) is 52.0 Å². The van der Waals surface area contributed by atoms with Crippen molar-refractivity contribution in [3.05, 3.63) is 74.7 Å². The van der Waals surface area contributed by atoms with Crippen LogP contribution in [0, 0.1) is 27.7 Å².